The highest BCUT2D eigenvalue weighted by molar-refractivity contribution is 5.96. The van der Waals surface area contributed by atoms with Gasteiger partial charge in [-0.1, -0.05) is 173 Å². The van der Waals surface area contributed by atoms with E-state index in [1.165, 1.54) is 0 Å². The molecule has 0 radical (unpaired) electrons. The van der Waals surface area contributed by atoms with E-state index in [-0.39, 0.29) is 47.3 Å². The van der Waals surface area contributed by atoms with Gasteiger partial charge in [-0.2, -0.15) is 0 Å². The van der Waals surface area contributed by atoms with E-state index >= 15 is 0 Å². The third-order valence-electron chi connectivity index (χ3n) is 19.0. The number of nitrogens with zero attached hydrogens (tertiary/aromatic N) is 2. The zero-order chi connectivity index (χ0) is 62.4. The summed E-state index contributed by atoms with van der Waals surface area (Å²) in [5.74, 6) is -3.23. The van der Waals surface area contributed by atoms with Crippen molar-refractivity contribution in [3.8, 4) is 0 Å². The lowest BCUT2D eigenvalue weighted by Crippen LogP contribution is -2.60. The number of amides is 7. The van der Waals surface area contributed by atoms with Gasteiger partial charge in [0.15, 0.2) is 0 Å². The number of hydrogen-bond donors (Lipinski definition) is 9. The lowest BCUT2D eigenvalue weighted by Gasteiger charge is -2.37. The molecule has 88 heavy (non-hydrogen) atoms. The molecule has 2 saturated carbocycles. The van der Waals surface area contributed by atoms with Crippen LogP contribution in [-0.4, -0.2) is 151 Å². The Labute approximate surface area is 521 Å². The third-order valence-corrected chi connectivity index (χ3v) is 19.0. The van der Waals surface area contributed by atoms with Crippen molar-refractivity contribution in [2.45, 2.75) is 196 Å². The molecule has 2 aliphatic heterocycles. The molecule has 4 aliphatic rings. The van der Waals surface area contributed by atoms with E-state index in [1.54, 1.807) is 37.7 Å². The average Bonchev–Trinajstić information content (AvgIpc) is 4.40. The fraction of sp³-hybridized carbons (Fsp3) is 0.557. The van der Waals surface area contributed by atoms with Gasteiger partial charge in [0, 0.05) is 31.5 Å². The van der Waals surface area contributed by atoms with Crippen molar-refractivity contribution in [3.63, 3.8) is 0 Å². The molecular formula is C70H98N10O8. The molecule has 7 amide bonds. The Hall–Kier alpha value is -6.99. The maximum Gasteiger partial charge on any atom is 0.246 e. The quantitative estimate of drug-likeness (QED) is 0.0201. The molecule has 9 N–H and O–H groups in total. The molecule has 4 fully saturated rings. The number of unbranched alkanes of at least 4 members (excludes halogenated alkanes) is 3. The number of nitrogens with one attached hydrogen (secondary N) is 8. The number of carbonyl (C=O) groups excluding carboxylic acids is 7. The van der Waals surface area contributed by atoms with Crippen LogP contribution in [0.15, 0.2) is 121 Å². The van der Waals surface area contributed by atoms with E-state index in [1.807, 2.05) is 121 Å². The largest absolute Gasteiger partial charge is 0.376 e. The first-order valence-corrected chi connectivity index (χ1v) is 32.8. The zero-order valence-electron chi connectivity index (χ0n) is 52.3. The second kappa shape index (κ2) is 34.1. The first-order valence-electron chi connectivity index (χ1n) is 32.8. The van der Waals surface area contributed by atoms with Gasteiger partial charge in [-0.3, -0.25) is 38.9 Å². The van der Waals surface area contributed by atoms with Gasteiger partial charge in [-0.15, -0.1) is 0 Å². The van der Waals surface area contributed by atoms with Gasteiger partial charge in [0.05, 0.1) is 18.1 Å². The normalized spacial score (nSPS) is 19.9. The van der Waals surface area contributed by atoms with E-state index < -0.39 is 72.3 Å². The van der Waals surface area contributed by atoms with Crippen LogP contribution < -0.4 is 42.5 Å². The van der Waals surface area contributed by atoms with Gasteiger partial charge in [0.2, 0.25) is 41.4 Å². The highest BCUT2D eigenvalue weighted by Crippen LogP contribution is 2.35. The van der Waals surface area contributed by atoms with Gasteiger partial charge in [0.1, 0.15) is 36.4 Å². The summed E-state index contributed by atoms with van der Waals surface area (Å²) in [5, 5.41) is 37.3. The topological polar surface area (TPSA) is 242 Å². The van der Waals surface area contributed by atoms with Crippen molar-refractivity contribution in [1.29, 1.82) is 0 Å². The van der Waals surface area contributed by atoms with Crippen molar-refractivity contribution in [2.24, 2.45) is 11.8 Å². The number of hydrogen-bond acceptors (Lipinski definition) is 11. The molecule has 18 nitrogen and oxygen atoms in total. The first-order chi connectivity index (χ1) is 42.8. The van der Waals surface area contributed by atoms with E-state index in [0.717, 1.165) is 99.3 Å². The smallest absolute Gasteiger partial charge is 0.246 e. The highest BCUT2D eigenvalue weighted by Gasteiger charge is 2.45. The number of likely N-dealkylation sites (N-methyl/N-ethyl adjacent to an activating group) is 2. The Balaban J connectivity index is 0.921. The number of aliphatic hydroxyl groups excluding tert-OH is 1. The monoisotopic (exact) mass is 1210 g/mol. The standard InChI is InChI=1S/C70H98N10O8/c1-47(71-3)63(81)75-59(53-37-21-11-22-38-53)69(87)79-45-27-41-55(79)65(83)77-61(57(49-29-13-7-14-30-49)50-31-15-8-16-32-50)67(85)73-43-25-5-6-26-44-74-68(86)62(58(51-33-17-9-18-34-51)52-35-19-10-20-36-52)78-66(84)56-42-28-46-80(56)70(88)60(54-39-23-12-24-40-54)76-64(82)48(2)72-4/h7-10,13-20,29-36,47-48,53-62,67,71-73,85H,5-6,11-12,21-28,37-46H2,1-4H3,(H,74,86)(H,75,81)(H,76,82)(H,77,83)(H,78,84)/t47-,48-,55-,56-,59?,60?,61-,62-,67?/m0/s1. The van der Waals surface area contributed by atoms with Gasteiger partial charge >= 0.3 is 0 Å². The van der Waals surface area contributed by atoms with Crippen molar-refractivity contribution in [1.82, 2.24) is 52.3 Å². The summed E-state index contributed by atoms with van der Waals surface area (Å²) in [5.41, 5.74) is 3.49. The predicted molar refractivity (Wildman–Crippen MR) is 342 cm³/mol. The minimum Gasteiger partial charge on any atom is -0.376 e. The summed E-state index contributed by atoms with van der Waals surface area (Å²) in [6.45, 7) is 5.04. The Morgan fingerprint density at radius 2 is 0.841 bits per heavy atom. The molecule has 2 aliphatic carbocycles. The molecule has 9 atom stereocenters. The lowest BCUT2D eigenvalue weighted by atomic mass is 9.83. The number of aliphatic hydroxyl groups is 1. The number of benzene rings is 4. The molecule has 4 aromatic rings. The van der Waals surface area contributed by atoms with Crippen LogP contribution in [0.4, 0.5) is 0 Å². The van der Waals surface area contributed by atoms with Crippen molar-refractivity contribution in [3.05, 3.63) is 144 Å². The fourth-order valence-electron chi connectivity index (χ4n) is 13.8. The summed E-state index contributed by atoms with van der Waals surface area (Å²) in [7, 11) is 3.42. The molecule has 2 saturated heterocycles. The molecule has 0 bridgehead atoms. The Kier molecular flexibility index (Phi) is 26.0. The summed E-state index contributed by atoms with van der Waals surface area (Å²) in [6, 6.07) is 32.9. The predicted octanol–water partition coefficient (Wildman–Crippen LogP) is 6.53. The van der Waals surface area contributed by atoms with Crippen LogP contribution in [0, 0.1) is 11.8 Å². The maximum absolute atomic E-state index is 14.8. The molecular weight excluding hydrogens is 1110 g/mol. The number of carbonyl (C=O) groups is 7. The third kappa shape index (κ3) is 17.9. The van der Waals surface area contributed by atoms with E-state index in [0.29, 0.717) is 64.7 Å². The maximum atomic E-state index is 14.8. The van der Waals surface area contributed by atoms with E-state index in [9.17, 15) is 38.7 Å². The molecule has 18 heteroatoms. The molecule has 4 aromatic carbocycles. The Morgan fingerprint density at radius 3 is 1.25 bits per heavy atom. The summed E-state index contributed by atoms with van der Waals surface area (Å²) in [4.78, 5) is 104. The van der Waals surface area contributed by atoms with Gasteiger partial charge in [0.25, 0.3) is 0 Å². The molecule has 2 heterocycles. The van der Waals surface area contributed by atoms with Crippen LogP contribution in [-0.2, 0) is 33.6 Å². The zero-order valence-corrected chi connectivity index (χ0v) is 52.3. The number of likely N-dealkylation sites (tertiary alicyclic amines) is 2. The lowest BCUT2D eigenvalue weighted by molar-refractivity contribution is -0.143. The summed E-state index contributed by atoms with van der Waals surface area (Å²) >= 11 is 0. The molecule has 476 valence electrons. The van der Waals surface area contributed by atoms with E-state index in [2.05, 4.69) is 42.5 Å². The SMILES string of the molecule is CN[C@@H](C)C(=O)NC(C(=O)N1CCC[C@H]1C(=O)N[C@H](C(O)NCCCCCCNC(=O)[C@@H](NC(=O)[C@@H]1CCCN1C(=O)C(NC(=O)[C@H](C)NC)C1CCCCC1)C(c1ccccc1)c1ccccc1)C(c1ccccc1)c1ccccc1)C1CCCCC1. The van der Waals surface area contributed by atoms with E-state index in [4.69, 9.17) is 0 Å². The second-order valence-corrected chi connectivity index (χ2v) is 24.9. The first kappa shape index (κ1) is 67.0. The van der Waals surface area contributed by atoms with Crippen LogP contribution in [0.25, 0.3) is 0 Å². The van der Waals surface area contributed by atoms with Crippen molar-refractivity contribution < 1.29 is 38.7 Å². The van der Waals surface area contributed by atoms with Crippen molar-refractivity contribution in [2.75, 3.05) is 40.3 Å². The minimum absolute atomic E-state index is 0.0316. The van der Waals surface area contributed by atoms with Crippen LogP contribution in [0.5, 0.6) is 0 Å². The molecule has 0 aromatic heterocycles. The van der Waals surface area contributed by atoms with Crippen LogP contribution in [0.3, 0.4) is 0 Å². The van der Waals surface area contributed by atoms with Crippen LogP contribution in [0.2, 0.25) is 0 Å². The van der Waals surface area contributed by atoms with Gasteiger partial charge < -0.3 is 52.1 Å². The Bertz CT molecular complexity index is 2760. The minimum atomic E-state index is -1.20. The fourth-order valence-corrected chi connectivity index (χ4v) is 13.8. The Morgan fingerprint density at radius 1 is 0.455 bits per heavy atom. The van der Waals surface area contributed by atoms with Crippen LogP contribution in [0.1, 0.15) is 164 Å². The van der Waals surface area contributed by atoms with Gasteiger partial charge in [-0.05, 0) is 133 Å². The van der Waals surface area contributed by atoms with Gasteiger partial charge in [-0.25, -0.2) is 0 Å². The van der Waals surface area contributed by atoms with Crippen molar-refractivity contribution >= 4 is 41.4 Å². The average molecular weight is 1210 g/mol. The molecule has 0 spiro atoms. The summed E-state index contributed by atoms with van der Waals surface area (Å²) in [6.07, 6.45) is 13.1. The highest BCUT2D eigenvalue weighted by atomic mass is 16.3. The second-order valence-electron chi connectivity index (χ2n) is 24.9. The molecule has 8 rings (SSSR count). The summed E-state index contributed by atoms with van der Waals surface area (Å²) < 4.78 is 0. The van der Waals surface area contributed by atoms with Crippen LogP contribution >= 0.6 is 0 Å². The molecule has 3 unspecified atom stereocenters. The number of rotatable bonds is 30.